The molecule has 2 aromatic carbocycles. The monoisotopic (exact) mass is 385 g/mol. The predicted molar refractivity (Wildman–Crippen MR) is 99.6 cm³/mol. The molecule has 2 atom stereocenters. The van der Waals surface area contributed by atoms with Crippen LogP contribution in [0.1, 0.15) is 17.5 Å². The zero-order valence-corrected chi connectivity index (χ0v) is 15.3. The van der Waals surface area contributed by atoms with Gasteiger partial charge in [0.15, 0.2) is 0 Å². The predicted octanol–water partition coefficient (Wildman–Crippen LogP) is 4.24. The van der Waals surface area contributed by atoms with Gasteiger partial charge in [-0.2, -0.15) is 0 Å². The second kappa shape index (κ2) is 8.10. The van der Waals surface area contributed by atoms with Crippen LogP contribution in [0.5, 0.6) is 0 Å². The molecular weight excluding hydrogens is 364 g/mol. The Bertz CT molecular complexity index is 864. The molecule has 1 amide bonds. The average Bonchev–Trinajstić information content (AvgIpc) is 2.69. The molecule has 0 spiro atoms. The first-order valence-corrected chi connectivity index (χ1v) is 9.31. The molecule has 0 aromatic heterocycles. The molecule has 28 heavy (non-hydrogen) atoms. The maximum absolute atomic E-state index is 14.0. The third-order valence-electron chi connectivity index (χ3n) is 5.16. The van der Waals surface area contributed by atoms with Crippen molar-refractivity contribution < 1.29 is 23.0 Å². The van der Waals surface area contributed by atoms with Crippen molar-refractivity contribution in [2.75, 3.05) is 13.2 Å². The molecule has 2 aliphatic rings. The lowest BCUT2D eigenvalue weighted by molar-refractivity contribution is -0.0374. The largest absolute Gasteiger partial charge is 0.445 e. The molecule has 0 N–H and O–H groups in total. The van der Waals surface area contributed by atoms with Crippen LogP contribution in [0.25, 0.3) is 0 Å². The van der Waals surface area contributed by atoms with E-state index in [0.717, 1.165) is 11.1 Å². The molecule has 146 valence electrons. The second-order valence-electron chi connectivity index (χ2n) is 7.11. The van der Waals surface area contributed by atoms with Gasteiger partial charge in [-0.15, -0.1) is 0 Å². The maximum atomic E-state index is 14.0. The number of carbonyl (C=O) groups is 1. The van der Waals surface area contributed by atoms with E-state index in [4.69, 9.17) is 9.47 Å². The molecule has 2 unspecified atom stereocenters. The molecule has 6 heteroatoms. The van der Waals surface area contributed by atoms with E-state index in [9.17, 15) is 13.6 Å². The van der Waals surface area contributed by atoms with Gasteiger partial charge in [-0.3, -0.25) is 4.90 Å². The number of nitrogens with zero attached hydrogens (tertiary/aromatic N) is 1. The van der Waals surface area contributed by atoms with Crippen LogP contribution in [0.3, 0.4) is 0 Å². The lowest BCUT2D eigenvalue weighted by atomic mass is 9.90. The van der Waals surface area contributed by atoms with Gasteiger partial charge in [0.05, 0.1) is 25.3 Å². The van der Waals surface area contributed by atoms with E-state index >= 15 is 0 Å². The summed E-state index contributed by atoms with van der Waals surface area (Å²) in [6, 6.07) is 12.9. The van der Waals surface area contributed by atoms with Crippen LogP contribution >= 0.6 is 0 Å². The summed E-state index contributed by atoms with van der Waals surface area (Å²) in [6.45, 7) is 0.932. The highest BCUT2D eigenvalue weighted by Crippen LogP contribution is 2.30. The first-order valence-electron chi connectivity index (χ1n) is 9.31. The van der Waals surface area contributed by atoms with Crippen molar-refractivity contribution in [2.45, 2.75) is 31.5 Å². The number of ether oxygens (including phenoxy) is 2. The van der Waals surface area contributed by atoms with Gasteiger partial charge in [0.25, 0.3) is 0 Å². The van der Waals surface area contributed by atoms with Crippen molar-refractivity contribution in [1.29, 1.82) is 0 Å². The number of hydrogen-bond acceptors (Lipinski definition) is 3. The number of fused-ring (bicyclic) bond motifs is 2. The zero-order valence-electron chi connectivity index (χ0n) is 15.3. The molecule has 2 aromatic rings. The van der Waals surface area contributed by atoms with Crippen LogP contribution in [0.4, 0.5) is 13.6 Å². The molecule has 0 radical (unpaired) electrons. The van der Waals surface area contributed by atoms with Gasteiger partial charge in [-0.1, -0.05) is 48.0 Å². The Hall–Kier alpha value is -2.73. The summed E-state index contributed by atoms with van der Waals surface area (Å²) in [6.07, 6.45) is 2.18. The molecule has 4 rings (SSSR count). The summed E-state index contributed by atoms with van der Waals surface area (Å²) in [5.74, 6) is -1.10. The van der Waals surface area contributed by atoms with E-state index in [2.05, 4.69) is 0 Å². The van der Waals surface area contributed by atoms with Crippen LogP contribution < -0.4 is 0 Å². The molecule has 2 heterocycles. The molecule has 0 saturated carbocycles. The zero-order chi connectivity index (χ0) is 19.5. The fourth-order valence-corrected chi connectivity index (χ4v) is 3.82. The summed E-state index contributed by atoms with van der Waals surface area (Å²) in [7, 11) is 0. The van der Waals surface area contributed by atoms with Crippen molar-refractivity contribution in [3.05, 3.63) is 82.9 Å². The van der Waals surface area contributed by atoms with Gasteiger partial charge in [0.2, 0.25) is 0 Å². The van der Waals surface area contributed by atoms with E-state index in [-0.39, 0.29) is 30.7 Å². The van der Waals surface area contributed by atoms with Crippen molar-refractivity contribution >= 4 is 6.09 Å². The van der Waals surface area contributed by atoms with Gasteiger partial charge < -0.3 is 9.47 Å². The highest BCUT2D eigenvalue weighted by Gasteiger charge is 2.39. The third-order valence-corrected chi connectivity index (χ3v) is 5.16. The normalized spacial score (nSPS) is 21.2. The minimum absolute atomic E-state index is 0.0628. The molecule has 4 nitrogen and oxygen atoms in total. The highest BCUT2D eigenvalue weighted by molar-refractivity contribution is 5.69. The van der Waals surface area contributed by atoms with Gasteiger partial charge in [0.1, 0.15) is 18.2 Å². The van der Waals surface area contributed by atoms with E-state index < -0.39 is 17.7 Å². The number of morpholine rings is 1. The summed E-state index contributed by atoms with van der Waals surface area (Å²) in [5.41, 5.74) is 1.89. The van der Waals surface area contributed by atoms with E-state index in [1.165, 1.54) is 18.2 Å². The minimum atomic E-state index is -0.549. The third kappa shape index (κ3) is 3.92. The van der Waals surface area contributed by atoms with Gasteiger partial charge in [-0.05, 0) is 30.5 Å². The summed E-state index contributed by atoms with van der Waals surface area (Å²) in [5, 5.41) is 0. The van der Waals surface area contributed by atoms with Crippen LogP contribution in [-0.4, -0.2) is 36.3 Å². The Morgan fingerprint density at radius 3 is 2.54 bits per heavy atom. The SMILES string of the molecule is O=C(OCc1ccccc1)N1C2C=C(Cc3c(F)cccc3F)CC1COC2. The number of hydrogen-bond donors (Lipinski definition) is 0. The van der Waals surface area contributed by atoms with Crippen molar-refractivity contribution in [3.63, 3.8) is 0 Å². The minimum Gasteiger partial charge on any atom is -0.445 e. The van der Waals surface area contributed by atoms with Crippen LogP contribution in [0.2, 0.25) is 0 Å². The lowest BCUT2D eigenvalue weighted by Gasteiger charge is -2.43. The summed E-state index contributed by atoms with van der Waals surface area (Å²) < 4.78 is 39.0. The first-order chi connectivity index (χ1) is 13.6. The Morgan fingerprint density at radius 1 is 1.07 bits per heavy atom. The Labute approximate surface area is 162 Å². The quantitative estimate of drug-likeness (QED) is 0.739. The van der Waals surface area contributed by atoms with Crippen molar-refractivity contribution in [2.24, 2.45) is 0 Å². The van der Waals surface area contributed by atoms with Crippen molar-refractivity contribution in [3.8, 4) is 0 Å². The molecular formula is C22H21F2NO3. The Morgan fingerprint density at radius 2 is 1.82 bits per heavy atom. The number of rotatable bonds is 4. The number of halogens is 2. The van der Waals surface area contributed by atoms with E-state index in [1.807, 2.05) is 36.4 Å². The van der Waals surface area contributed by atoms with Gasteiger partial charge in [-0.25, -0.2) is 13.6 Å². The summed E-state index contributed by atoms with van der Waals surface area (Å²) >= 11 is 0. The van der Waals surface area contributed by atoms with Gasteiger partial charge in [0, 0.05) is 5.56 Å². The average molecular weight is 385 g/mol. The van der Waals surface area contributed by atoms with E-state index in [0.29, 0.717) is 19.6 Å². The Kier molecular flexibility index (Phi) is 5.39. The van der Waals surface area contributed by atoms with E-state index in [1.54, 1.807) is 4.90 Å². The number of carbonyl (C=O) groups excluding carboxylic acids is 1. The van der Waals surface area contributed by atoms with Gasteiger partial charge >= 0.3 is 6.09 Å². The number of benzene rings is 2. The fraction of sp³-hybridized carbons (Fsp3) is 0.318. The second-order valence-corrected chi connectivity index (χ2v) is 7.11. The molecule has 2 bridgehead atoms. The maximum Gasteiger partial charge on any atom is 0.411 e. The highest BCUT2D eigenvalue weighted by atomic mass is 19.1. The van der Waals surface area contributed by atoms with Crippen LogP contribution in [-0.2, 0) is 22.5 Å². The van der Waals surface area contributed by atoms with Crippen molar-refractivity contribution in [1.82, 2.24) is 4.90 Å². The topological polar surface area (TPSA) is 38.8 Å². The standard InChI is InChI=1S/C22H21F2NO3/c23-20-7-4-8-21(24)19(20)11-16-9-17-13-27-14-18(10-16)25(17)22(26)28-12-15-5-2-1-3-6-15/h1-9,17-18H,10-14H2. The number of amides is 1. The Balaban J connectivity index is 1.47. The summed E-state index contributed by atoms with van der Waals surface area (Å²) in [4.78, 5) is 14.3. The fourth-order valence-electron chi connectivity index (χ4n) is 3.82. The molecule has 1 saturated heterocycles. The first kappa shape index (κ1) is 18.6. The molecule has 2 aliphatic heterocycles. The van der Waals surface area contributed by atoms with Crippen LogP contribution in [0, 0.1) is 11.6 Å². The lowest BCUT2D eigenvalue weighted by Crippen LogP contribution is -2.56. The smallest absolute Gasteiger partial charge is 0.411 e. The molecule has 1 fully saturated rings. The van der Waals surface area contributed by atoms with Crippen LogP contribution in [0.15, 0.2) is 60.2 Å². The molecule has 0 aliphatic carbocycles.